The van der Waals surface area contributed by atoms with Gasteiger partial charge in [-0.25, -0.2) is 8.78 Å². The maximum absolute atomic E-state index is 13.0. The number of benzene rings is 2. The van der Waals surface area contributed by atoms with Gasteiger partial charge in [0, 0.05) is 11.4 Å². The second-order valence-electron chi connectivity index (χ2n) is 4.18. The zero-order valence-corrected chi connectivity index (χ0v) is 11.4. The second-order valence-corrected chi connectivity index (χ2v) is 5.16. The Morgan fingerprint density at radius 2 is 1.80 bits per heavy atom. The van der Waals surface area contributed by atoms with Crippen LogP contribution in [0.15, 0.2) is 48.5 Å². The van der Waals surface area contributed by atoms with Crippen LogP contribution in [0.25, 0.3) is 0 Å². The highest BCUT2D eigenvalue weighted by atomic mass is 32.2. The first-order valence-electron chi connectivity index (χ1n) is 6.01. The molecule has 5 heteroatoms. The summed E-state index contributed by atoms with van der Waals surface area (Å²) in [7, 11) is 0. The molecule has 2 aromatic carbocycles. The molecular formula is C15H13F2NOS. The van der Waals surface area contributed by atoms with E-state index in [1.165, 1.54) is 48.2 Å². The van der Waals surface area contributed by atoms with E-state index in [0.717, 1.165) is 5.56 Å². The van der Waals surface area contributed by atoms with Gasteiger partial charge in [0.25, 0.3) is 0 Å². The number of hydrogen-bond acceptors (Lipinski definition) is 2. The summed E-state index contributed by atoms with van der Waals surface area (Å²) in [6.45, 7) is 0. The molecule has 0 aliphatic rings. The molecule has 2 rings (SSSR count). The SMILES string of the molecule is O=C(CSCc1cccc(F)c1)Nc1ccc(F)cc1. The largest absolute Gasteiger partial charge is 0.325 e. The maximum Gasteiger partial charge on any atom is 0.234 e. The van der Waals surface area contributed by atoms with Crippen LogP contribution in [0.5, 0.6) is 0 Å². The average Bonchev–Trinajstić information content (AvgIpc) is 2.41. The predicted molar refractivity (Wildman–Crippen MR) is 77.6 cm³/mol. The number of carbonyl (C=O) groups is 1. The van der Waals surface area contributed by atoms with E-state index >= 15 is 0 Å². The van der Waals surface area contributed by atoms with Gasteiger partial charge in [-0.15, -0.1) is 11.8 Å². The smallest absolute Gasteiger partial charge is 0.234 e. The monoisotopic (exact) mass is 293 g/mol. The first-order chi connectivity index (χ1) is 9.63. The zero-order valence-electron chi connectivity index (χ0n) is 10.6. The average molecular weight is 293 g/mol. The van der Waals surface area contributed by atoms with E-state index in [9.17, 15) is 13.6 Å². The molecule has 0 aromatic heterocycles. The van der Waals surface area contributed by atoms with Gasteiger partial charge >= 0.3 is 0 Å². The maximum atomic E-state index is 13.0. The zero-order chi connectivity index (χ0) is 14.4. The number of carbonyl (C=O) groups excluding carboxylic acids is 1. The van der Waals surface area contributed by atoms with Gasteiger partial charge in [-0.3, -0.25) is 4.79 Å². The molecule has 0 saturated heterocycles. The minimum absolute atomic E-state index is 0.169. The molecule has 2 nitrogen and oxygen atoms in total. The lowest BCUT2D eigenvalue weighted by molar-refractivity contribution is -0.113. The summed E-state index contributed by atoms with van der Waals surface area (Å²) < 4.78 is 25.7. The van der Waals surface area contributed by atoms with Crippen LogP contribution in [-0.4, -0.2) is 11.7 Å². The normalized spacial score (nSPS) is 10.3. The van der Waals surface area contributed by atoms with Gasteiger partial charge in [-0.05, 0) is 42.0 Å². The Balaban J connectivity index is 1.76. The summed E-state index contributed by atoms with van der Waals surface area (Å²) in [5, 5.41) is 2.67. The van der Waals surface area contributed by atoms with Crippen LogP contribution in [-0.2, 0) is 10.5 Å². The summed E-state index contributed by atoms with van der Waals surface area (Å²) >= 11 is 1.39. The lowest BCUT2D eigenvalue weighted by Crippen LogP contribution is -2.14. The van der Waals surface area contributed by atoms with E-state index in [1.807, 2.05) is 6.07 Å². The molecule has 20 heavy (non-hydrogen) atoms. The number of hydrogen-bond donors (Lipinski definition) is 1. The number of amides is 1. The lowest BCUT2D eigenvalue weighted by atomic mass is 10.2. The third kappa shape index (κ3) is 4.66. The Labute approximate surface area is 120 Å². The lowest BCUT2D eigenvalue weighted by Gasteiger charge is -2.05. The van der Waals surface area contributed by atoms with Crippen molar-refractivity contribution in [2.45, 2.75) is 5.75 Å². The van der Waals surface area contributed by atoms with E-state index in [0.29, 0.717) is 11.4 Å². The number of rotatable bonds is 5. The van der Waals surface area contributed by atoms with Crippen molar-refractivity contribution in [1.82, 2.24) is 0 Å². The minimum atomic E-state index is -0.344. The fourth-order valence-corrected chi connectivity index (χ4v) is 2.39. The van der Waals surface area contributed by atoms with E-state index in [2.05, 4.69) is 5.32 Å². The van der Waals surface area contributed by atoms with Crippen LogP contribution in [0.1, 0.15) is 5.56 Å². The Morgan fingerprint density at radius 1 is 1.05 bits per heavy atom. The van der Waals surface area contributed by atoms with Crippen molar-refractivity contribution in [1.29, 1.82) is 0 Å². The van der Waals surface area contributed by atoms with Crippen LogP contribution >= 0.6 is 11.8 Å². The van der Waals surface area contributed by atoms with Crippen molar-refractivity contribution >= 4 is 23.4 Å². The van der Waals surface area contributed by atoms with Gasteiger partial charge in [0.15, 0.2) is 0 Å². The Bertz CT molecular complexity index is 587. The van der Waals surface area contributed by atoms with Gasteiger partial charge in [-0.2, -0.15) is 0 Å². The van der Waals surface area contributed by atoms with Crippen molar-refractivity contribution < 1.29 is 13.6 Å². The summed E-state index contributed by atoms with van der Waals surface area (Å²) in [5.74, 6) is 0.0306. The molecule has 0 bridgehead atoms. The van der Waals surface area contributed by atoms with Gasteiger partial charge in [-0.1, -0.05) is 12.1 Å². The van der Waals surface area contributed by atoms with Crippen molar-refractivity contribution in [2.75, 3.05) is 11.1 Å². The first-order valence-corrected chi connectivity index (χ1v) is 7.16. The molecule has 0 atom stereocenters. The third-order valence-corrected chi connectivity index (χ3v) is 3.52. The van der Waals surface area contributed by atoms with Crippen LogP contribution in [0, 0.1) is 11.6 Å². The van der Waals surface area contributed by atoms with E-state index < -0.39 is 0 Å². The van der Waals surface area contributed by atoms with Crippen LogP contribution < -0.4 is 5.32 Å². The van der Waals surface area contributed by atoms with Gasteiger partial charge in [0.1, 0.15) is 11.6 Å². The van der Waals surface area contributed by atoms with Crippen LogP contribution in [0.3, 0.4) is 0 Å². The van der Waals surface area contributed by atoms with E-state index in [1.54, 1.807) is 6.07 Å². The molecule has 0 spiro atoms. The Kier molecular flexibility index (Phi) is 5.12. The summed E-state index contributed by atoms with van der Waals surface area (Å²) in [5.41, 5.74) is 1.40. The topological polar surface area (TPSA) is 29.1 Å². The third-order valence-electron chi connectivity index (χ3n) is 2.52. The predicted octanol–water partition coefficient (Wildman–Crippen LogP) is 3.84. The summed E-state index contributed by atoms with van der Waals surface area (Å²) in [6.07, 6.45) is 0. The number of nitrogens with one attached hydrogen (secondary N) is 1. The van der Waals surface area contributed by atoms with Crippen molar-refractivity contribution in [2.24, 2.45) is 0 Å². The minimum Gasteiger partial charge on any atom is -0.325 e. The molecule has 104 valence electrons. The number of thioether (sulfide) groups is 1. The molecule has 0 aliphatic heterocycles. The molecule has 0 heterocycles. The molecule has 0 aliphatic carbocycles. The van der Waals surface area contributed by atoms with Crippen LogP contribution in [0.4, 0.5) is 14.5 Å². The first kappa shape index (κ1) is 14.5. The molecule has 1 amide bonds. The molecule has 0 fully saturated rings. The molecule has 0 saturated carbocycles. The highest BCUT2D eigenvalue weighted by Gasteiger charge is 2.03. The Morgan fingerprint density at radius 3 is 2.50 bits per heavy atom. The Hall–Kier alpha value is -1.88. The highest BCUT2D eigenvalue weighted by molar-refractivity contribution is 7.99. The fourth-order valence-electron chi connectivity index (χ4n) is 1.62. The molecule has 1 N–H and O–H groups in total. The number of anilines is 1. The summed E-state index contributed by atoms with van der Waals surface area (Å²) in [4.78, 5) is 11.7. The van der Waals surface area contributed by atoms with Gasteiger partial charge in [0.2, 0.25) is 5.91 Å². The second kappa shape index (κ2) is 7.05. The fraction of sp³-hybridized carbons (Fsp3) is 0.133. The van der Waals surface area contributed by atoms with Crippen molar-refractivity contribution in [3.63, 3.8) is 0 Å². The molecule has 0 unspecified atom stereocenters. The van der Waals surface area contributed by atoms with Gasteiger partial charge in [0.05, 0.1) is 5.75 Å². The summed E-state index contributed by atoms with van der Waals surface area (Å²) in [6, 6.07) is 11.9. The molecular weight excluding hydrogens is 280 g/mol. The van der Waals surface area contributed by atoms with E-state index in [4.69, 9.17) is 0 Å². The van der Waals surface area contributed by atoms with Crippen LogP contribution in [0.2, 0.25) is 0 Å². The van der Waals surface area contributed by atoms with Crippen molar-refractivity contribution in [3.8, 4) is 0 Å². The quantitative estimate of drug-likeness (QED) is 0.907. The highest BCUT2D eigenvalue weighted by Crippen LogP contribution is 2.14. The molecule has 0 radical (unpaired) electrons. The standard InChI is InChI=1S/C15H13F2NOS/c16-12-4-6-14(7-5-12)18-15(19)10-20-9-11-2-1-3-13(17)8-11/h1-8H,9-10H2,(H,18,19). The molecule has 2 aromatic rings. The van der Waals surface area contributed by atoms with Gasteiger partial charge < -0.3 is 5.32 Å². The van der Waals surface area contributed by atoms with Crippen molar-refractivity contribution in [3.05, 3.63) is 65.7 Å². The van der Waals surface area contributed by atoms with E-state index in [-0.39, 0.29) is 23.3 Å². The number of halogens is 2.